The quantitative estimate of drug-likeness (QED) is 0.562. The fourth-order valence-electron chi connectivity index (χ4n) is 3.55. The highest BCUT2D eigenvalue weighted by Gasteiger charge is 2.34. The maximum absolute atomic E-state index is 12.3. The van der Waals surface area contributed by atoms with E-state index in [1.807, 2.05) is 25.7 Å². The normalized spacial score (nSPS) is 24.3. The molecule has 0 radical (unpaired) electrons. The molecule has 0 spiro atoms. The van der Waals surface area contributed by atoms with Gasteiger partial charge in [-0.2, -0.15) is 0 Å². The van der Waals surface area contributed by atoms with Crippen LogP contribution in [0, 0.1) is 5.41 Å². The summed E-state index contributed by atoms with van der Waals surface area (Å²) in [4.78, 5) is 14.3. The van der Waals surface area contributed by atoms with Gasteiger partial charge in [0.15, 0.2) is 0 Å². The number of rotatable bonds is 6. The van der Waals surface area contributed by atoms with E-state index < -0.39 is 5.60 Å². The van der Waals surface area contributed by atoms with Crippen LogP contribution in [0.3, 0.4) is 0 Å². The molecule has 2 aliphatic rings. The lowest BCUT2D eigenvalue weighted by Crippen LogP contribution is -2.40. The first-order valence-electron chi connectivity index (χ1n) is 9.89. The Hall–Kier alpha value is -0.770. The van der Waals surface area contributed by atoms with Crippen molar-refractivity contribution in [1.82, 2.24) is 10.2 Å². The fraction of sp³-hybridized carbons (Fsp3) is 0.950. The zero-order valence-electron chi connectivity index (χ0n) is 16.5. The maximum Gasteiger partial charge on any atom is 0.410 e. The van der Waals surface area contributed by atoms with Crippen LogP contribution in [-0.4, -0.2) is 41.8 Å². The molecule has 4 nitrogen and oxygen atoms in total. The standard InChI is InChI=1S/C20H38N2O2/c1-19(2,3)24-18(23)22(17-9-10-17)15-7-14-21-16-8-6-12-20(4,5)13-11-16/h16-17,21H,6-15H2,1-5H3. The third-order valence-corrected chi connectivity index (χ3v) is 5.20. The average Bonchev–Trinajstić information content (AvgIpc) is 3.26. The van der Waals surface area contributed by atoms with Gasteiger partial charge >= 0.3 is 6.09 Å². The minimum absolute atomic E-state index is 0.138. The number of carbonyl (C=O) groups is 1. The number of hydrogen-bond donors (Lipinski definition) is 1. The van der Waals surface area contributed by atoms with E-state index in [4.69, 9.17) is 4.74 Å². The van der Waals surface area contributed by atoms with Gasteiger partial charge in [0.2, 0.25) is 0 Å². The van der Waals surface area contributed by atoms with Crippen LogP contribution in [-0.2, 0) is 4.74 Å². The number of carbonyl (C=O) groups excluding carboxylic acids is 1. The zero-order chi connectivity index (χ0) is 17.8. The SMILES string of the molecule is CC1(C)CCCC(NCCCN(C(=O)OC(C)(C)C)C2CC2)CC1. The molecule has 0 aromatic heterocycles. The molecule has 0 heterocycles. The fourth-order valence-corrected chi connectivity index (χ4v) is 3.55. The Bertz CT molecular complexity index is 410. The van der Waals surface area contributed by atoms with Crippen LogP contribution in [0.1, 0.15) is 86.0 Å². The summed E-state index contributed by atoms with van der Waals surface area (Å²) in [6.07, 6.45) is 9.70. The van der Waals surface area contributed by atoms with Gasteiger partial charge in [-0.15, -0.1) is 0 Å². The molecule has 2 fully saturated rings. The van der Waals surface area contributed by atoms with Gasteiger partial charge in [0.25, 0.3) is 0 Å². The van der Waals surface area contributed by atoms with Gasteiger partial charge in [-0.05, 0) is 77.7 Å². The first kappa shape index (κ1) is 19.6. The predicted molar refractivity (Wildman–Crippen MR) is 99.2 cm³/mol. The molecule has 24 heavy (non-hydrogen) atoms. The summed E-state index contributed by atoms with van der Waals surface area (Å²) in [6, 6.07) is 1.07. The van der Waals surface area contributed by atoms with E-state index in [1.165, 1.54) is 32.1 Å². The minimum atomic E-state index is -0.407. The number of amides is 1. The molecule has 0 aromatic rings. The van der Waals surface area contributed by atoms with Crippen molar-refractivity contribution in [2.24, 2.45) is 5.41 Å². The van der Waals surface area contributed by atoms with E-state index >= 15 is 0 Å². The minimum Gasteiger partial charge on any atom is -0.444 e. The average molecular weight is 339 g/mol. The lowest BCUT2D eigenvalue weighted by atomic mass is 9.85. The summed E-state index contributed by atoms with van der Waals surface area (Å²) in [7, 11) is 0. The second kappa shape index (κ2) is 8.07. The molecule has 0 aliphatic heterocycles. The van der Waals surface area contributed by atoms with Gasteiger partial charge in [-0.1, -0.05) is 20.3 Å². The van der Waals surface area contributed by atoms with Crippen molar-refractivity contribution in [3.63, 3.8) is 0 Å². The second-order valence-electron chi connectivity index (χ2n) is 9.50. The van der Waals surface area contributed by atoms with E-state index in [0.29, 0.717) is 17.5 Å². The van der Waals surface area contributed by atoms with Crippen molar-refractivity contribution >= 4 is 6.09 Å². The van der Waals surface area contributed by atoms with Gasteiger partial charge in [-0.3, -0.25) is 0 Å². The molecule has 1 unspecified atom stereocenters. The smallest absolute Gasteiger partial charge is 0.410 e. The Labute approximate surface area is 148 Å². The highest BCUT2D eigenvalue weighted by molar-refractivity contribution is 5.69. The third-order valence-electron chi connectivity index (χ3n) is 5.20. The summed E-state index contributed by atoms with van der Waals surface area (Å²) < 4.78 is 5.55. The Morgan fingerprint density at radius 2 is 1.88 bits per heavy atom. The molecule has 0 aromatic carbocycles. The highest BCUT2D eigenvalue weighted by Crippen LogP contribution is 2.33. The Morgan fingerprint density at radius 1 is 1.17 bits per heavy atom. The topological polar surface area (TPSA) is 41.6 Å². The Balaban J connectivity index is 1.69. The highest BCUT2D eigenvalue weighted by atomic mass is 16.6. The van der Waals surface area contributed by atoms with Crippen LogP contribution in [0.4, 0.5) is 4.79 Å². The molecule has 2 saturated carbocycles. The largest absolute Gasteiger partial charge is 0.444 e. The Morgan fingerprint density at radius 3 is 2.50 bits per heavy atom. The summed E-state index contributed by atoms with van der Waals surface area (Å²) in [5.74, 6) is 0. The number of ether oxygens (including phenoxy) is 1. The first-order valence-corrected chi connectivity index (χ1v) is 9.89. The van der Waals surface area contributed by atoms with Crippen LogP contribution >= 0.6 is 0 Å². The third kappa shape index (κ3) is 7.00. The maximum atomic E-state index is 12.3. The molecule has 140 valence electrons. The van der Waals surface area contributed by atoms with Gasteiger partial charge in [-0.25, -0.2) is 4.79 Å². The lowest BCUT2D eigenvalue weighted by Gasteiger charge is -2.27. The molecular formula is C20H38N2O2. The molecule has 0 bridgehead atoms. The molecule has 1 N–H and O–H groups in total. The van der Waals surface area contributed by atoms with Crippen molar-refractivity contribution in [1.29, 1.82) is 0 Å². The van der Waals surface area contributed by atoms with Crippen LogP contribution in [0.15, 0.2) is 0 Å². The molecular weight excluding hydrogens is 300 g/mol. The van der Waals surface area contributed by atoms with E-state index in [9.17, 15) is 4.79 Å². The Kier molecular flexibility index (Phi) is 6.58. The van der Waals surface area contributed by atoms with Gasteiger partial charge in [0.05, 0.1) is 0 Å². The molecule has 0 saturated heterocycles. The van der Waals surface area contributed by atoms with Gasteiger partial charge in [0.1, 0.15) is 5.60 Å². The molecule has 2 aliphatic carbocycles. The summed E-state index contributed by atoms with van der Waals surface area (Å²) in [6.45, 7) is 12.4. The number of nitrogens with zero attached hydrogens (tertiary/aromatic N) is 1. The van der Waals surface area contributed by atoms with Crippen molar-refractivity contribution < 1.29 is 9.53 Å². The molecule has 1 amide bonds. The zero-order valence-corrected chi connectivity index (χ0v) is 16.5. The van der Waals surface area contributed by atoms with Crippen molar-refractivity contribution in [2.45, 2.75) is 104 Å². The van der Waals surface area contributed by atoms with E-state index in [-0.39, 0.29) is 6.09 Å². The van der Waals surface area contributed by atoms with E-state index in [2.05, 4.69) is 19.2 Å². The van der Waals surface area contributed by atoms with Crippen molar-refractivity contribution in [3.8, 4) is 0 Å². The van der Waals surface area contributed by atoms with Crippen molar-refractivity contribution in [2.75, 3.05) is 13.1 Å². The predicted octanol–water partition coefficient (Wildman–Crippen LogP) is 4.72. The lowest BCUT2D eigenvalue weighted by molar-refractivity contribution is 0.0231. The van der Waals surface area contributed by atoms with Crippen LogP contribution < -0.4 is 5.32 Å². The monoisotopic (exact) mass is 338 g/mol. The first-order chi connectivity index (χ1) is 11.2. The van der Waals surface area contributed by atoms with Gasteiger partial charge < -0.3 is 15.0 Å². The molecule has 4 heteroatoms. The van der Waals surface area contributed by atoms with Crippen molar-refractivity contribution in [3.05, 3.63) is 0 Å². The van der Waals surface area contributed by atoms with Crippen LogP contribution in [0.25, 0.3) is 0 Å². The summed E-state index contributed by atoms with van der Waals surface area (Å²) >= 11 is 0. The van der Waals surface area contributed by atoms with Gasteiger partial charge in [0, 0.05) is 18.6 Å². The van der Waals surface area contributed by atoms with E-state index in [1.54, 1.807) is 0 Å². The molecule has 1 atom stereocenters. The number of nitrogens with one attached hydrogen (secondary N) is 1. The summed E-state index contributed by atoms with van der Waals surface area (Å²) in [5.41, 5.74) is 0.103. The molecule has 2 rings (SSSR count). The van der Waals surface area contributed by atoms with Crippen LogP contribution in [0.2, 0.25) is 0 Å². The second-order valence-corrected chi connectivity index (χ2v) is 9.50. The number of hydrogen-bond acceptors (Lipinski definition) is 3. The van der Waals surface area contributed by atoms with E-state index in [0.717, 1.165) is 32.4 Å². The summed E-state index contributed by atoms with van der Waals surface area (Å²) in [5, 5.41) is 3.72. The van der Waals surface area contributed by atoms with Crippen LogP contribution in [0.5, 0.6) is 0 Å².